The molecule has 0 saturated carbocycles. The number of hydrogen-bond donors (Lipinski definition) is 1. The van der Waals surface area contributed by atoms with E-state index in [-0.39, 0.29) is 12.1 Å². The molecule has 2 aliphatic rings. The molecular weight excluding hydrogens is 316 g/mol. The Bertz CT molecular complexity index is 808. The third kappa shape index (κ3) is 2.56. The highest BCUT2D eigenvalue weighted by molar-refractivity contribution is 5.89. The van der Waals surface area contributed by atoms with Crippen LogP contribution in [0.1, 0.15) is 30.1 Å². The number of likely N-dealkylation sites (N-methyl/N-ethyl adjacent to an activating group) is 1. The van der Waals surface area contributed by atoms with Crippen LogP contribution in [0.15, 0.2) is 30.5 Å². The fourth-order valence-corrected chi connectivity index (χ4v) is 4.01. The lowest BCUT2D eigenvalue weighted by molar-refractivity contribution is -0.134. The summed E-state index contributed by atoms with van der Waals surface area (Å²) in [5.41, 5.74) is 3.96. The molecule has 1 aromatic heterocycles. The molecule has 4 rings (SSSR count). The van der Waals surface area contributed by atoms with Crippen LogP contribution in [0, 0.1) is 6.92 Å². The largest absolute Gasteiger partial charge is 0.381 e. The van der Waals surface area contributed by atoms with Crippen molar-refractivity contribution in [2.75, 3.05) is 20.3 Å². The number of nitrogens with zero attached hydrogens (tertiary/aromatic N) is 3. The van der Waals surface area contributed by atoms with Gasteiger partial charge in [-0.2, -0.15) is 5.10 Å². The predicted molar refractivity (Wildman–Crippen MR) is 94.8 cm³/mol. The molecule has 6 heteroatoms. The van der Waals surface area contributed by atoms with Gasteiger partial charge in [0.25, 0.3) is 0 Å². The normalized spacial score (nSPS) is 22.8. The second-order valence-corrected chi connectivity index (χ2v) is 7.09. The number of aryl methyl sites for hydroxylation is 2. The van der Waals surface area contributed by atoms with Gasteiger partial charge in [0.1, 0.15) is 11.7 Å². The van der Waals surface area contributed by atoms with Gasteiger partial charge in [-0.15, -0.1) is 0 Å². The van der Waals surface area contributed by atoms with Gasteiger partial charge >= 0.3 is 0 Å². The number of carbonyl (C=O) groups excluding carboxylic acids is 1. The Hall–Kier alpha value is -2.18. The monoisotopic (exact) mass is 340 g/mol. The summed E-state index contributed by atoms with van der Waals surface area (Å²) in [4.78, 5) is 14.8. The van der Waals surface area contributed by atoms with Crippen molar-refractivity contribution in [3.63, 3.8) is 0 Å². The Kier molecular flexibility index (Phi) is 3.89. The summed E-state index contributed by atoms with van der Waals surface area (Å²) < 4.78 is 7.35. The third-order valence-electron chi connectivity index (χ3n) is 5.48. The van der Waals surface area contributed by atoms with Crippen molar-refractivity contribution in [2.45, 2.75) is 31.5 Å². The zero-order valence-corrected chi connectivity index (χ0v) is 15.0. The molecule has 25 heavy (non-hydrogen) atoms. The number of amides is 1. The molecule has 1 N–H and O–H groups in total. The fraction of sp³-hybridized carbons (Fsp3) is 0.474. The van der Waals surface area contributed by atoms with E-state index >= 15 is 0 Å². The summed E-state index contributed by atoms with van der Waals surface area (Å²) in [6.07, 6.45) is 3.11. The van der Waals surface area contributed by atoms with Crippen LogP contribution in [0.5, 0.6) is 0 Å². The fourth-order valence-electron chi connectivity index (χ4n) is 4.01. The van der Waals surface area contributed by atoms with E-state index in [9.17, 15) is 4.79 Å². The highest BCUT2D eigenvalue weighted by Gasteiger charge is 2.51. The van der Waals surface area contributed by atoms with Crippen LogP contribution in [-0.2, 0) is 16.6 Å². The molecule has 2 fully saturated rings. The summed E-state index contributed by atoms with van der Waals surface area (Å²) in [5.74, 6) is 0.164. The first-order chi connectivity index (χ1) is 12.0. The number of hydrogen-bond acceptors (Lipinski definition) is 4. The van der Waals surface area contributed by atoms with Gasteiger partial charge in [-0.1, -0.05) is 17.7 Å². The van der Waals surface area contributed by atoms with E-state index in [1.54, 1.807) is 6.20 Å². The van der Waals surface area contributed by atoms with Gasteiger partial charge in [-0.3, -0.25) is 14.8 Å². The van der Waals surface area contributed by atoms with Crippen molar-refractivity contribution in [1.29, 1.82) is 0 Å². The highest BCUT2D eigenvalue weighted by Crippen LogP contribution is 2.39. The van der Waals surface area contributed by atoms with Gasteiger partial charge in [0.2, 0.25) is 5.91 Å². The molecule has 0 radical (unpaired) electrons. The lowest BCUT2D eigenvalue weighted by atomic mass is 9.90. The summed E-state index contributed by atoms with van der Waals surface area (Å²) in [7, 11) is 3.83. The van der Waals surface area contributed by atoms with Crippen LogP contribution >= 0.6 is 0 Å². The smallest absolute Gasteiger partial charge is 0.244 e. The maximum atomic E-state index is 13.0. The van der Waals surface area contributed by atoms with Crippen LogP contribution in [0.4, 0.5) is 0 Å². The maximum Gasteiger partial charge on any atom is 0.244 e. The molecule has 2 aliphatic heterocycles. The number of carbonyl (C=O) groups is 1. The molecule has 1 spiro atoms. The van der Waals surface area contributed by atoms with Crippen LogP contribution in [0.3, 0.4) is 0 Å². The Labute approximate surface area is 147 Å². The first-order valence-corrected chi connectivity index (χ1v) is 8.73. The zero-order chi connectivity index (χ0) is 17.6. The number of aromatic nitrogens is 2. The molecule has 3 heterocycles. The quantitative estimate of drug-likeness (QED) is 0.908. The van der Waals surface area contributed by atoms with E-state index in [4.69, 9.17) is 4.74 Å². The lowest BCUT2D eigenvalue weighted by Crippen LogP contribution is -2.50. The minimum atomic E-state index is -0.494. The van der Waals surface area contributed by atoms with Crippen LogP contribution in [-0.4, -0.2) is 46.4 Å². The molecule has 6 nitrogen and oxygen atoms in total. The molecular formula is C19H24N4O2. The van der Waals surface area contributed by atoms with Crippen molar-refractivity contribution in [2.24, 2.45) is 7.05 Å². The Morgan fingerprint density at radius 2 is 2.00 bits per heavy atom. The SMILES string of the molecule is Cc1ccc(C2NC3(CCOCC3)C(=O)N2C)c(-c2ccnn2C)c1. The van der Waals surface area contributed by atoms with E-state index in [0.717, 1.165) is 29.7 Å². The molecule has 2 aromatic rings. The van der Waals surface area contributed by atoms with Gasteiger partial charge in [0.05, 0.1) is 5.69 Å². The van der Waals surface area contributed by atoms with E-state index < -0.39 is 5.54 Å². The molecule has 1 aromatic carbocycles. The van der Waals surface area contributed by atoms with Crippen molar-refractivity contribution >= 4 is 5.91 Å². The number of nitrogens with one attached hydrogen (secondary N) is 1. The molecule has 2 saturated heterocycles. The van der Waals surface area contributed by atoms with E-state index in [1.165, 1.54) is 5.56 Å². The first-order valence-electron chi connectivity index (χ1n) is 8.73. The topological polar surface area (TPSA) is 59.4 Å². The van der Waals surface area contributed by atoms with Crippen LogP contribution in [0.25, 0.3) is 11.3 Å². The second kappa shape index (κ2) is 5.97. The molecule has 132 valence electrons. The van der Waals surface area contributed by atoms with Gasteiger partial charge in [0, 0.05) is 39.1 Å². The first kappa shape index (κ1) is 16.3. The Morgan fingerprint density at radius 3 is 2.68 bits per heavy atom. The van der Waals surface area contributed by atoms with Crippen molar-refractivity contribution in [3.05, 3.63) is 41.6 Å². The molecule has 1 amide bonds. The van der Waals surface area contributed by atoms with E-state index in [1.807, 2.05) is 29.7 Å². The minimum Gasteiger partial charge on any atom is -0.381 e. The van der Waals surface area contributed by atoms with Gasteiger partial charge in [0.15, 0.2) is 0 Å². The average molecular weight is 340 g/mol. The summed E-state index contributed by atoms with van der Waals surface area (Å²) >= 11 is 0. The Morgan fingerprint density at radius 1 is 1.24 bits per heavy atom. The number of ether oxygens (including phenoxy) is 1. The molecule has 0 bridgehead atoms. The van der Waals surface area contributed by atoms with Crippen molar-refractivity contribution in [1.82, 2.24) is 20.0 Å². The van der Waals surface area contributed by atoms with Gasteiger partial charge in [-0.25, -0.2) is 0 Å². The van der Waals surface area contributed by atoms with Crippen molar-refractivity contribution in [3.8, 4) is 11.3 Å². The predicted octanol–water partition coefficient (Wildman–Crippen LogP) is 2.00. The van der Waals surface area contributed by atoms with E-state index in [2.05, 4.69) is 35.5 Å². The lowest BCUT2D eigenvalue weighted by Gasteiger charge is -2.31. The van der Waals surface area contributed by atoms with Gasteiger partial charge in [-0.05, 0) is 37.5 Å². The summed E-state index contributed by atoms with van der Waals surface area (Å²) in [5, 5.41) is 7.94. The highest BCUT2D eigenvalue weighted by atomic mass is 16.5. The third-order valence-corrected chi connectivity index (χ3v) is 5.48. The molecule has 0 aliphatic carbocycles. The minimum absolute atomic E-state index is 0.143. The summed E-state index contributed by atoms with van der Waals surface area (Å²) in [6.45, 7) is 3.34. The van der Waals surface area contributed by atoms with Gasteiger partial charge < -0.3 is 9.64 Å². The number of rotatable bonds is 2. The van der Waals surface area contributed by atoms with E-state index in [0.29, 0.717) is 13.2 Å². The van der Waals surface area contributed by atoms with Crippen LogP contribution in [0.2, 0.25) is 0 Å². The standard InChI is InChI=1S/C19H24N4O2/c1-13-4-5-14(15(12-13)16-6-9-20-23(16)3)17-21-19(18(24)22(17)2)7-10-25-11-8-19/h4-6,9,12,17,21H,7-8,10-11H2,1-3H3. The number of benzene rings is 1. The van der Waals surface area contributed by atoms with Crippen molar-refractivity contribution < 1.29 is 9.53 Å². The van der Waals surface area contributed by atoms with Crippen LogP contribution < -0.4 is 5.32 Å². The molecule has 1 unspecified atom stereocenters. The summed E-state index contributed by atoms with van der Waals surface area (Å²) in [6, 6.07) is 8.40. The Balaban J connectivity index is 1.78. The average Bonchev–Trinajstić information content (AvgIpc) is 3.13. The second-order valence-electron chi connectivity index (χ2n) is 7.09. The molecule has 1 atom stereocenters. The zero-order valence-electron chi connectivity index (χ0n) is 15.0. The maximum absolute atomic E-state index is 13.0.